The number of aryl methyl sites for hydroxylation is 1. The standard InChI is InChI=1S/C14H19NO3S/c1-11-2-4-12(5-3-11)8-14(16)9-13-10-19(17,18)7-6-15-13/h2-5,13,15H,6-10H2,1H3. The summed E-state index contributed by atoms with van der Waals surface area (Å²) in [5, 5.41) is 3.10. The molecular weight excluding hydrogens is 262 g/mol. The zero-order valence-corrected chi connectivity index (χ0v) is 11.9. The lowest BCUT2D eigenvalue weighted by Gasteiger charge is -2.22. The highest BCUT2D eigenvalue weighted by molar-refractivity contribution is 7.91. The number of nitrogens with one attached hydrogen (secondary N) is 1. The van der Waals surface area contributed by atoms with Crippen LogP contribution in [0.15, 0.2) is 24.3 Å². The summed E-state index contributed by atoms with van der Waals surface area (Å²) in [7, 11) is -2.97. The van der Waals surface area contributed by atoms with E-state index in [1.54, 1.807) is 0 Å². The van der Waals surface area contributed by atoms with Gasteiger partial charge in [-0.2, -0.15) is 0 Å². The first-order valence-electron chi connectivity index (χ1n) is 6.46. The molecule has 1 unspecified atom stereocenters. The SMILES string of the molecule is Cc1ccc(CC(=O)CC2CS(=O)(=O)CCN2)cc1. The number of carbonyl (C=O) groups is 1. The van der Waals surface area contributed by atoms with Crippen molar-refractivity contribution in [1.29, 1.82) is 0 Å². The van der Waals surface area contributed by atoms with E-state index in [-0.39, 0.29) is 29.8 Å². The predicted molar refractivity (Wildman–Crippen MR) is 75.0 cm³/mol. The molecule has 1 atom stereocenters. The third-order valence-electron chi connectivity index (χ3n) is 3.30. The summed E-state index contributed by atoms with van der Waals surface area (Å²) in [6.45, 7) is 2.45. The number of rotatable bonds is 4. The van der Waals surface area contributed by atoms with E-state index in [2.05, 4.69) is 5.32 Å². The summed E-state index contributed by atoms with van der Waals surface area (Å²) in [5.74, 6) is 0.334. The van der Waals surface area contributed by atoms with Crippen LogP contribution in [0.2, 0.25) is 0 Å². The minimum atomic E-state index is -2.97. The molecule has 0 amide bonds. The molecule has 1 fully saturated rings. The molecule has 1 aromatic carbocycles. The van der Waals surface area contributed by atoms with Crippen LogP contribution in [0.1, 0.15) is 17.5 Å². The Morgan fingerprint density at radius 2 is 2.00 bits per heavy atom. The van der Waals surface area contributed by atoms with Gasteiger partial charge in [0, 0.05) is 25.4 Å². The molecule has 1 saturated heterocycles. The van der Waals surface area contributed by atoms with E-state index in [1.165, 1.54) is 0 Å². The van der Waals surface area contributed by atoms with Crippen molar-refractivity contribution in [3.8, 4) is 0 Å². The zero-order valence-electron chi connectivity index (χ0n) is 11.1. The van der Waals surface area contributed by atoms with Crippen LogP contribution in [0, 0.1) is 6.92 Å². The minimum Gasteiger partial charge on any atom is -0.312 e. The summed E-state index contributed by atoms with van der Waals surface area (Å²) in [6.07, 6.45) is 0.658. The third-order valence-corrected chi connectivity index (χ3v) is 5.03. The van der Waals surface area contributed by atoms with Crippen molar-refractivity contribution in [1.82, 2.24) is 5.32 Å². The van der Waals surface area contributed by atoms with Gasteiger partial charge in [-0.3, -0.25) is 4.79 Å². The Balaban J connectivity index is 1.89. The Hall–Kier alpha value is -1.20. The number of sulfone groups is 1. The van der Waals surface area contributed by atoms with Crippen molar-refractivity contribution in [2.24, 2.45) is 0 Å². The highest BCUT2D eigenvalue weighted by atomic mass is 32.2. The Morgan fingerprint density at radius 3 is 2.63 bits per heavy atom. The van der Waals surface area contributed by atoms with Crippen LogP contribution >= 0.6 is 0 Å². The maximum absolute atomic E-state index is 11.9. The topological polar surface area (TPSA) is 63.2 Å². The molecule has 0 spiro atoms. The van der Waals surface area contributed by atoms with Crippen LogP contribution in [0.4, 0.5) is 0 Å². The van der Waals surface area contributed by atoms with Gasteiger partial charge >= 0.3 is 0 Å². The van der Waals surface area contributed by atoms with Gasteiger partial charge in [0.15, 0.2) is 9.84 Å². The fraction of sp³-hybridized carbons (Fsp3) is 0.500. The van der Waals surface area contributed by atoms with Crippen molar-refractivity contribution in [2.75, 3.05) is 18.1 Å². The Bertz CT molecular complexity index is 549. The Morgan fingerprint density at radius 1 is 1.32 bits per heavy atom. The van der Waals surface area contributed by atoms with E-state index in [0.717, 1.165) is 11.1 Å². The molecule has 19 heavy (non-hydrogen) atoms. The van der Waals surface area contributed by atoms with Crippen molar-refractivity contribution >= 4 is 15.6 Å². The van der Waals surface area contributed by atoms with E-state index >= 15 is 0 Å². The van der Waals surface area contributed by atoms with Crippen LogP contribution in [0.3, 0.4) is 0 Å². The van der Waals surface area contributed by atoms with Gasteiger partial charge in [-0.25, -0.2) is 8.42 Å². The zero-order chi connectivity index (χ0) is 13.9. The molecule has 1 aliphatic heterocycles. The minimum absolute atomic E-state index is 0.0760. The molecule has 104 valence electrons. The summed E-state index contributed by atoms with van der Waals surface area (Å²) in [5.41, 5.74) is 2.14. The van der Waals surface area contributed by atoms with Gasteiger partial charge < -0.3 is 5.32 Å². The average molecular weight is 281 g/mol. The third kappa shape index (κ3) is 4.44. The van der Waals surface area contributed by atoms with Gasteiger partial charge in [0.1, 0.15) is 5.78 Å². The highest BCUT2D eigenvalue weighted by Gasteiger charge is 2.25. The van der Waals surface area contributed by atoms with Crippen LogP contribution in [0.25, 0.3) is 0 Å². The smallest absolute Gasteiger partial charge is 0.153 e. The van der Waals surface area contributed by atoms with Gasteiger partial charge in [0.25, 0.3) is 0 Å². The maximum Gasteiger partial charge on any atom is 0.153 e. The normalized spacial score (nSPS) is 22.1. The molecule has 0 saturated carbocycles. The molecule has 1 aliphatic rings. The molecule has 0 bridgehead atoms. The summed E-state index contributed by atoms with van der Waals surface area (Å²) >= 11 is 0. The molecule has 0 radical (unpaired) electrons. The second-order valence-corrected chi connectivity index (χ2v) is 7.40. The summed E-state index contributed by atoms with van der Waals surface area (Å²) in [6, 6.07) is 7.62. The summed E-state index contributed by atoms with van der Waals surface area (Å²) in [4.78, 5) is 11.9. The quantitative estimate of drug-likeness (QED) is 0.890. The van der Waals surface area contributed by atoms with Gasteiger partial charge in [-0.05, 0) is 12.5 Å². The number of Topliss-reactive ketones (excluding diaryl/α,β-unsaturated/α-hetero) is 1. The second-order valence-electron chi connectivity index (χ2n) is 5.17. The molecule has 2 rings (SSSR count). The molecule has 5 heteroatoms. The van der Waals surface area contributed by atoms with E-state index in [4.69, 9.17) is 0 Å². The molecular formula is C14H19NO3S. The van der Waals surface area contributed by atoms with E-state index < -0.39 is 9.84 Å². The van der Waals surface area contributed by atoms with Crippen molar-refractivity contribution in [3.63, 3.8) is 0 Å². The van der Waals surface area contributed by atoms with Gasteiger partial charge in [-0.15, -0.1) is 0 Å². The van der Waals surface area contributed by atoms with Crippen LogP contribution in [0.5, 0.6) is 0 Å². The molecule has 1 aromatic rings. The van der Waals surface area contributed by atoms with Crippen LogP contribution < -0.4 is 5.32 Å². The lowest BCUT2D eigenvalue weighted by Crippen LogP contribution is -2.46. The fourth-order valence-corrected chi connectivity index (χ4v) is 3.72. The van der Waals surface area contributed by atoms with Crippen LogP contribution in [-0.2, 0) is 21.1 Å². The van der Waals surface area contributed by atoms with Crippen molar-refractivity contribution in [3.05, 3.63) is 35.4 Å². The van der Waals surface area contributed by atoms with E-state index in [9.17, 15) is 13.2 Å². The van der Waals surface area contributed by atoms with E-state index in [0.29, 0.717) is 13.0 Å². The van der Waals surface area contributed by atoms with Gasteiger partial charge in [-0.1, -0.05) is 29.8 Å². The highest BCUT2D eigenvalue weighted by Crippen LogP contribution is 2.09. The van der Waals surface area contributed by atoms with Gasteiger partial charge in [0.2, 0.25) is 0 Å². The van der Waals surface area contributed by atoms with Crippen LogP contribution in [-0.4, -0.2) is 38.3 Å². The van der Waals surface area contributed by atoms with Crippen molar-refractivity contribution < 1.29 is 13.2 Å². The van der Waals surface area contributed by atoms with E-state index in [1.807, 2.05) is 31.2 Å². The molecule has 1 N–H and O–H groups in total. The number of hydrogen-bond donors (Lipinski definition) is 1. The monoisotopic (exact) mass is 281 g/mol. The molecule has 0 aromatic heterocycles. The first-order chi connectivity index (χ1) is 8.94. The second kappa shape index (κ2) is 5.84. The largest absolute Gasteiger partial charge is 0.312 e. The lowest BCUT2D eigenvalue weighted by molar-refractivity contribution is -0.118. The first kappa shape index (κ1) is 14.2. The number of ketones is 1. The number of benzene rings is 1. The lowest BCUT2D eigenvalue weighted by atomic mass is 10.0. The average Bonchev–Trinajstić information content (AvgIpc) is 2.30. The predicted octanol–water partition coefficient (Wildman–Crippen LogP) is 0.883. The summed E-state index contributed by atoms with van der Waals surface area (Å²) < 4.78 is 23.0. The number of carbonyl (C=O) groups excluding carboxylic acids is 1. The Labute approximate surface area is 114 Å². The molecule has 0 aliphatic carbocycles. The van der Waals surface area contributed by atoms with Gasteiger partial charge in [0.05, 0.1) is 11.5 Å². The fourth-order valence-electron chi connectivity index (χ4n) is 2.28. The molecule has 1 heterocycles. The number of hydrogen-bond acceptors (Lipinski definition) is 4. The Kier molecular flexibility index (Phi) is 4.37. The van der Waals surface area contributed by atoms with Crippen molar-refractivity contribution in [2.45, 2.75) is 25.8 Å². The first-order valence-corrected chi connectivity index (χ1v) is 8.28. The molecule has 4 nitrogen and oxygen atoms in total. The maximum atomic E-state index is 11.9.